The summed E-state index contributed by atoms with van der Waals surface area (Å²) in [6.45, 7) is 11.2. The van der Waals surface area contributed by atoms with E-state index in [-0.39, 0.29) is 0 Å². The van der Waals surface area contributed by atoms with Crippen LogP contribution in [-0.4, -0.2) is 60.9 Å². The van der Waals surface area contributed by atoms with Gasteiger partial charge in [-0.05, 0) is 56.1 Å². The number of amides is 1. The van der Waals surface area contributed by atoms with E-state index in [0.29, 0.717) is 47.5 Å². The molecular formula is C29H40N4O5. The molecule has 0 bridgehead atoms. The topological polar surface area (TPSA) is 103 Å². The normalized spacial score (nSPS) is 17.7. The van der Waals surface area contributed by atoms with E-state index in [9.17, 15) is 14.7 Å². The number of rotatable bonds is 12. The summed E-state index contributed by atoms with van der Waals surface area (Å²) < 4.78 is 11.2. The van der Waals surface area contributed by atoms with Gasteiger partial charge in [0.25, 0.3) is 5.66 Å². The number of hydrogen-bond donors (Lipinski definition) is 3. The molecule has 9 heteroatoms. The lowest BCUT2D eigenvalue weighted by Gasteiger charge is -2.38. The minimum Gasteiger partial charge on any atom is -0.496 e. The van der Waals surface area contributed by atoms with Gasteiger partial charge in [0.2, 0.25) is 5.91 Å². The van der Waals surface area contributed by atoms with Gasteiger partial charge in [-0.3, -0.25) is 15.1 Å². The smallest absolute Gasteiger partial charge is 0.356 e. The van der Waals surface area contributed by atoms with Gasteiger partial charge in [0, 0.05) is 6.08 Å². The summed E-state index contributed by atoms with van der Waals surface area (Å²) in [6.07, 6.45) is 2.25. The SMILES string of the molecule is CCN(CC)C(C)C(=O)NC1(C(=O)O)C=C(c2c(OC)cccc2OC)NN1c1ccccc1CC(C)C. The quantitative estimate of drug-likeness (QED) is 0.384. The number of carboxylic acid groups (broad SMARTS) is 1. The van der Waals surface area contributed by atoms with Gasteiger partial charge in [0.1, 0.15) is 11.5 Å². The summed E-state index contributed by atoms with van der Waals surface area (Å²) in [5.74, 6) is -0.288. The zero-order valence-electron chi connectivity index (χ0n) is 23.4. The Morgan fingerprint density at radius 3 is 2.16 bits per heavy atom. The first-order valence-corrected chi connectivity index (χ1v) is 13.0. The fourth-order valence-electron chi connectivity index (χ4n) is 4.88. The van der Waals surface area contributed by atoms with Crippen LogP contribution in [0, 0.1) is 5.92 Å². The largest absolute Gasteiger partial charge is 0.496 e. The molecule has 0 fully saturated rings. The van der Waals surface area contributed by atoms with Crippen molar-refractivity contribution in [1.82, 2.24) is 15.6 Å². The van der Waals surface area contributed by atoms with Crippen LogP contribution in [0.1, 0.15) is 45.7 Å². The molecule has 1 aliphatic rings. The number of anilines is 1. The van der Waals surface area contributed by atoms with E-state index in [1.54, 1.807) is 39.3 Å². The minimum absolute atomic E-state index is 0.331. The number of hydrogen-bond acceptors (Lipinski definition) is 7. The number of nitrogens with one attached hydrogen (secondary N) is 2. The highest BCUT2D eigenvalue weighted by Crippen LogP contribution is 2.40. The molecule has 1 aliphatic heterocycles. The molecule has 0 spiro atoms. The fraction of sp³-hybridized carbons (Fsp3) is 0.448. The van der Waals surface area contributed by atoms with Crippen LogP contribution in [0.25, 0.3) is 5.70 Å². The van der Waals surface area contributed by atoms with Crippen molar-refractivity contribution in [2.24, 2.45) is 5.92 Å². The van der Waals surface area contributed by atoms with Crippen molar-refractivity contribution in [1.29, 1.82) is 0 Å². The zero-order valence-corrected chi connectivity index (χ0v) is 23.4. The Kier molecular flexibility index (Phi) is 9.27. The molecule has 206 valence electrons. The number of carboxylic acids is 1. The first-order valence-electron chi connectivity index (χ1n) is 13.0. The Morgan fingerprint density at radius 2 is 1.63 bits per heavy atom. The van der Waals surface area contributed by atoms with Crippen molar-refractivity contribution in [2.45, 2.75) is 52.7 Å². The summed E-state index contributed by atoms with van der Waals surface area (Å²) >= 11 is 0. The third-order valence-corrected chi connectivity index (χ3v) is 6.88. The van der Waals surface area contributed by atoms with E-state index in [0.717, 1.165) is 12.0 Å². The van der Waals surface area contributed by atoms with Crippen LogP contribution >= 0.6 is 0 Å². The molecule has 2 aromatic carbocycles. The van der Waals surface area contributed by atoms with Gasteiger partial charge >= 0.3 is 5.97 Å². The Balaban J connectivity index is 2.24. The van der Waals surface area contributed by atoms with E-state index >= 15 is 0 Å². The van der Waals surface area contributed by atoms with Crippen LogP contribution in [0.4, 0.5) is 5.69 Å². The second-order valence-electron chi connectivity index (χ2n) is 9.73. The van der Waals surface area contributed by atoms with E-state index in [1.165, 1.54) is 11.1 Å². The van der Waals surface area contributed by atoms with Crippen molar-refractivity contribution in [2.75, 3.05) is 32.3 Å². The maximum Gasteiger partial charge on any atom is 0.356 e. The van der Waals surface area contributed by atoms with Gasteiger partial charge in [-0.2, -0.15) is 0 Å². The molecule has 1 amide bonds. The summed E-state index contributed by atoms with van der Waals surface area (Å²) in [5, 5.41) is 15.2. The van der Waals surface area contributed by atoms with Gasteiger partial charge in [-0.15, -0.1) is 0 Å². The van der Waals surface area contributed by atoms with Crippen molar-refractivity contribution in [3.8, 4) is 11.5 Å². The molecule has 0 saturated heterocycles. The Bertz CT molecular complexity index is 1160. The summed E-state index contributed by atoms with van der Waals surface area (Å²) in [5.41, 5.74) is 3.96. The molecule has 1 heterocycles. The van der Waals surface area contributed by atoms with Crippen molar-refractivity contribution < 1.29 is 24.2 Å². The summed E-state index contributed by atoms with van der Waals surface area (Å²) in [7, 11) is 3.09. The standard InChI is InChI=1S/C29H40N4O5/c1-8-32(9-2)20(5)27(34)30-29(28(35)36)18-22(26-24(37-6)15-12-16-25(26)38-7)31-33(29)23-14-11-10-13-21(23)17-19(3)4/h10-16,18-20,31H,8-9,17H2,1-7H3,(H,30,34)(H,35,36). The lowest BCUT2D eigenvalue weighted by atomic mass is 9.99. The summed E-state index contributed by atoms with van der Waals surface area (Å²) in [6, 6.07) is 12.4. The maximum absolute atomic E-state index is 13.5. The van der Waals surface area contributed by atoms with Crippen LogP contribution < -0.4 is 25.2 Å². The monoisotopic (exact) mass is 524 g/mol. The minimum atomic E-state index is -1.92. The number of methoxy groups -OCH3 is 2. The zero-order chi connectivity index (χ0) is 28.0. The second-order valence-corrected chi connectivity index (χ2v) is 9.73. The molecule has 9 nitrogen and oxygen atoms in total. The van der Waals surface area contributed by atoms with Gasteiger partial charge in [-0.1, -0.05) is 52.0 Å². The van der Waals surface area contributed by atoms with Gasteiger partial charge in [0.15, 0.2) is 0 Å². The van der Waals surface area contributed by atoms with E-state index in [4.69, 9.17) is 9.47 Å². The number of carbonyl (C=O) groups is 2. The molecule has 0 aliphatic carbocycles. The van der Waals surface area contributed by atoms with Crippen LogP contribution in [0.15, 0.2) is 48.5 Å². The van der Waals surface area contributed by atoms with Crippen molar-refractivity contribution >= 4 is 23.3 Å². The van der Waals surface area contributed by atoms with Crippen LogP contribution in [0.5, 0.6) is 11.5 Å². The van der Waals surface area contributed by atoms with Gasteiger partial charge in [0.05, 0.1) is 37.2 Å². The Hall–Kier alpha value is -3.72. The first kappa shape index (κ1) is 28.8. The number of likely N-dealkylation sites (N-methyl/N-ethyl adjacent to an activating group) is 1. The van der Waals surface area contributed by atoms with Crippen molar-refractivity contribution in [3.05, 3.63) is 59.7 Å². The Labute approximate surface area is 225 Å². The second kappa shape index (κ2) is 12.2. The number of carbonyl (C=O) groups excluding carboxylic acids is 1. The molecule has 2 atom stereocenters. The molecule has 3 rings (SSSR count). The number of nitrogens with zero attached hydrogens (tertiary/aromatic N) is 2. The van der Waals surface area contributed by atoms with Gasteiger partial charge < -0.3 is 19.9 Å². The van der Waals surface area contributed by atoms with E-state index in [2.05, 4.69) is 24.6 Å². The molecule has 2 aromatic rings. The third-order valence-electron chi connectivity index (χ3n) is 6.88. The predicted octanol–water partition coefficient (Wildman–Crippen LogP) is 3.90. The highest BCUT2D eigenvalue weighted by molar-refractivity contribution is 5.98. The third kappa shape index (κ3) is 5.57. The predicted molar refractivity (Wildman–Crippen MR) is 149 cm³/mol. The average molecular weight is 525 g/mol. The molecular weight excluding hydrogens is 484 g/mol. The highest BCUT2D eigenvalue weighted by Gasteiger charge is 2.51. The van der Waals surface area contributed by atoms with E-state index < -0.39 is 23.6 Å². The van der Waals surface area contributed by atoms with Crippen LogP contribution in [-0.2, 0) is 16.0 Å². The molecule has 0 saturated carbocycles. The van der Waals surface area contributed by atoms with Crippen molar-refractivity contribution in [3.63, 3.8) is 0 Å². The highest BCUT2D eigenvalue weighted by atomic mass is 16.5. The molecule has 38 heavy (non-hydrogen) atoms. The summed E-state index contributed by atoms with van der Waals surface area (Å²) in [4.78, 5) is 28.7. The lowest BCUT2D eigenvalue weighted by Crippen LogP contribution is -2.67. The maximum atomic E-state index is 13.5. The van der Waals surface area contributed by atoms with Crippen LogP contribution in [0.3, 0.4) is 0 Å². The molecule has 0 radical (unpaired) electrons. The molecule has 2 unspecified atom stereocenters. The van der Waals surface area contributed by atoms with Crippen LogP contribution in [0.2, 0.25) is 0 Å². The molecule has 3 N–H and O–H groups in total. The van der Waals surface area contributed by atoms with E-state index in [1.807, 2.05) is 43.0 Å². The number of hydrazine groups is 1. The number of ether oxygens (including phenoxy) is 2. The lowest BCUT2D eigenvalue weighted by molar-refractivity contribution is -0.146. The molecule has 0 aromatic heterocycles. The average Bonchev–Trinajstić information content (AvgIpc) is 3.28. The van der Waals surface area contributed by atoms with Gasteiger partial charge in [-0.25, -0.2) is 9.80 Å². The number of aliphatic carboxylic acids is 1. The fourth-order valence-corrected chi connectivity index (χ4v) is 4.88. The Morgan fingerprint density at radius 1 is 1.03 bits per heavy atom. The number of benzene rings is 2. The first-order chi connectivity index (χ1) is 18.1. The number of para-hydroxylation sites is 1.